The molecular formula is C26H24FNO4. The number of carbonyl (C=O) groups is 1. The van der Waals surface area contributed by atoms with Gasteiger partial charge >= 0.3 is 5.97 Å². The van der Waals surface area contributed by atoms with Crippen LogP contribution in [0.15, 0.2) is 71.3 Å². The lowest BCUT2D eigenvalue weighted by Gasteiger charge is -2.14. The zero-order valence-electron chi connectivity index (χ0n) is 17.8. The van der Waals surface area contributed by atoms with Crippen LogP contribution in [0.2, 0.25) is 0 Å². The number of hydrogen-bond donors (Lipinski definition) is 1. The standard InChI is InChI=1S/C26H24FNO4/c1-2-30-23(29)14-18-7-3-4-9-22(18)32-16-21-13-20-10-11-31-26(20)24(25(21)27)19-8-5-6-17(12-19)15-28/h3-13H,2,14-16,28H2,1H3. The second-order valence-corrected chi connectivity index (χ2v) is 7.35. The molecule has 0 unspecified atom stereocenters. The Balaban J connectivity index is 1.67. The highest BCUT2D eigenvalue weighted by Gasteiger charge is 2.19. The number of halogens is 1. The van der Waals surface area contributed by atoms with Crippen LogP contribution in [0.5, 0.6) is 5.75 Å². The summed E-state index contributed by atoms with van der Waals surface area (Å²) in [4.78, 5) is 11.9. The van der Waals surface area contributed by atoms with E-state index >= 15 is 4.39 Å². The predicted molar refractivity (Wildman–Crippen MR) is 121 cm³/mol. The van der Waals surface area contributed by atoms with Crippen molar-refractivity contribution in [3.63, 3.8) is 0 Å². The van der Waals surface area contributed by atoms with Crippen LogP contribution in [-0.2, 0) is 29.1 Å². The molecule has 5 nitrogen and oxygen atoms in total. The molecule has 0 aliphatic heterocycles. The van der Waals surface area contributed by atoms with Gasteiger partial charge in [-0.15, -0.1) is 0 Å². The Hall–Kier alpha value is -3.64. The molecule has 0 aliphatic rings. The van der Waals surface area contributed by atoms with E-state index in [1.54, 1.807) is 37.5 Å². The van der Waals surface area contributed by atoms with Crippen molar-refractivity contribution in [3.05, 3.63) is 89.4 Å². The molecule has 0 fully saturated rings. The van der Waals surface area contributed by atoms with Crippen LogP contribution in [0.4, 0.5) is 4.39 Å². The van der Waals surface area contributed by atoms with E-state index in [-0.39, 0.29) is 19.0 Å². The van der Waals surface area contributed by atoms with E-state index in [1.165, 1.54) is 0 Å². The van der Waals surface area contributed by atoms with Crippen LogP contribution in [-0.4, -0.2) is 12.6 Å². The fraction of sp³-hybridized carbons (Fsp3) is 0.192. The number of para-hydroxylation sites is 1. The molecule has 1 heterocycles. The number of rotatable bonds is 8. The average molecular weight is 433 g/mol. The highest BCUT2D eigenvalue weighted by atomic mass is 19.1. The molecule has 164 valence electrons. The minimum atomic E-state index is -0.413. The van der Waals surface area contributed by atoms with Crippen LogP contribution >= 0.6 is 0 Å². The smallest absolute Gasteiger partial charge is 0.310 e. The third kappa shape index (κ3) is 4.50. The van der Waals surface area contributed by atoms with E-state index in [9.17, 15) is 4.79 Å². The Morgan fingerprint density at radius 3 is 2.72 bits per heavy atom. The fourth-order valence-corrected chi connectivity index (χ4v) is 3.68. The van der Waals surface area contributed by atoms with Crippen LogP contribution in [0.1, 0.15) is 23.6 Å². The SMILES string of the molecule is CCOC(=O)Cc1ccccc1OCc1cc2ccoc2c(-c2cccc(CN)c2)c1F. The second kappa shape index (κ2) is 9.66. The summed E-state index contributed by atoms with van der Waals surface area (Å²) in [6.07, 6.45) is 1.63. The van der Waals surface area contributed by atoms with Gasteiger partial charge in [-0.2, -0.15) is 0 Å². The van der Waals surface area contributed by atoms with Gasteiger partial charge in [0.1, 0.15) is 23.8 Å². The van der Waals surface area contributed by atoms with E-state index in [1.807, 2.05) is 36.4 Å². The molecule has 2 N–H and O–H groups in total. The highest BCUT2D eigenvalue weighted by molar-refractivity contribution is 5.93. The van der Waals surface area contributed by atoms with Gasteiger partial charge in [-0.05, 0) is 42.3 Å². The quantitative estimate of drug-likeness (QED) is 0.378. The monoisotopic (exact) mass is 433 g/mol. The number of furan rings is 1. The molecule has 0 radical (unpaired) electrons. The summed E-state index contributed by atoms with van der Waals surface area (Å²) < 4.78 is 32.2. The Bertz CT molecular complexity index is 1250. The number of benzene rings is 3. The van der Waals surface area contributed by atoms with Crippen molar-refractivity contribution in [1.82, 2.24) is 0 Å². The predicted octanol–water partition coefficient (Wildman–Crippen LogP) is 5.38. The Morgan fingerprint density at radius 1 is 1.06 bits per heavy atom. The molecule has 0 amide bonds. The first-order valence-electron chi connectivity index (χ1n) is 10.4. The van der Waals surface area contributed by atoms with Gasteiger partial charge in [-0.3, -0.25) is 4.79 Å². The molecule has 1 aromatic heterocycles. The topological polar surface area (TPSA) is 74.7 Å². The summed E-state index contributed by atoms with van der Waals surface area (Å²) in [6, 6.07) is 18.1. The number of carbonyl (C=O) groups excluding carboxylic acids is 1. The Labute approximate surface area is 185 Å². The highest BCUT2D eigenvalue weighted by Crippen LogP contribution is 2.35. The first kappa shape index (κ1) is 21.6. The summed E-state index contributed by atoms with van der Waals surface area (Å²) >= 11 is 0. The van der Waals surface area contributed by atoms with Crippen LogP contribution in [0.3, 0.4) is 0 Å². The lowest BCUT2D eigenvalue weighted by molar-refractivity contribution is -0.142. The molecule has 0 saturated carbocycles. The van der Waals surface area contributed by atoms with E-state index in [0.717, 1.165) is 10.9 Å². The summed E-state index contributed by atoms with van der Waals surface area (Å²) in [5, 5.41) is 0.776. The Kier molecular flexibility index (Phi) is 6.52. The molecule has 0 saturated heterocycles. The summed E-state index contributed by atoms with van der Waals surface area (Å²) in [6.45, 7) is 2.43. The van der Waals surface area contributed by atoms with Crippen molar-refractivity contribution in [2.45, 2.75) is 26.5 Å². The van der Waals surface area contributed by atoms with Crippen molar-refractivity contribution in [3.8, 4) is 16.9 Å². The number of esters is 1. The van der Waals surface area contributed by atoms with Gasteiger partial charge in [0.2, 0.25) is 0 Å². The average Bonchev–Trinajstić information content (AvgIpc) is 3.26. The van der Waals surface area contributed by atoms with Crippen LogP contribution in [0.25, 0.3) is 22.1 Å². The first-order chi connectivity index (χ1) is 15.6. The van der Waals surface area contributed by atoms with Gasteiger partial charge in [0.05, 0.1) is 24.9 Å². The molecule has 4 aromatic rings. The molecule has 4 rings (SSSR count). The minimum absolute atomic E-state index is 0.00360. The van der Waals surface area contributed by atoms with Gasteiger partial charge in [0, 0.05) is 23.1 Å². The molecule has 0 aliphatic carbocycles. The molecule has 3 aromatic carbocycles. The van der Waals surface area contributed by atoms with Crippen molar-refractivity contribution < 1.29 is 23.1 Å². The van der Waals surface area contributed by atoms with Gasteiger partial charge in [-0.1, -0.05) is 36.4 Å². The number of ether oxygens (including phenoxy) is 2. The van der Waals surface area contributed by atoms with E-state index in [4.69, 9.17) is 19.6 Å². The molecule has 6 heteroatoms. The maximum atomic E-state index is 15.7. The van der Waals surface area contributed by atoms with E-state index < -0.39 is 5.82 Å². The summed E-state index contributed by atoms with van der Waals surface area (Å²) in [5.41, 5.74) is 9.28. The lowest BCUT2D eigenvalue weighted by Crippen LogP contribution is -2.09. The fourth-order valence-electron chi connectivity index (χ4n) is 3.68. The van der Waals surface area contributed by atoms with Crippen LogP contribution in [0, 0.1) is 5.82 Å². The maximum absolute atomic E-state index is 15.7. The van der Waals surface area contributed by atoms with Crippen molar-refractivity contribution in [2.75, 3.05) is 6.61 Å². The third-order valence-electron chi connectivity index (χ3n) is 5.20. The van der Waals surface area contributed by atoms with Gasteiger partial charge in [0.15, 0.2) is 0 Å². The lowest BCUT2D eigenvalue weighted by atomic mass is 9.98. The van der Waals surface area contributed by atoms with E-state index in [0.29, 0.717) is 46.7 Å². The maximum Gasteiger partial charge on any atom is 0.310 e. The largest absolute Gasteiger partial charge is 0.488 e. The molecule has 0 spiro atoms. The third-order valence-corrected chi connectivity index (χ3v) is 5.20. The van der Waals surface area contributed by atoms with Crippen molar-refractivity contribution in [2.24, 2.45) is 5.73 Å². The van der Waals surface area contributed by atoms with Crippen molar-refractivity contribution >= 4 is 16.9 Å². The van der Waals surface area contributed by atoms with Gasteiger partial charge < -0.3 is 19.6 Å². The van der Waals surface area contributed by atoms with Gasteiger partial charge in [-0.25, -0.2) is 4.39 Å². The minimum Gasteiger partial charge on any atom is -0.488 e. The normalized spacial score (nSPS) is 11.0. The molecule has 0 bridgehead atoms. The summed E-state index contributed by atoms with van der Waals surface area (Å²) in [7, 11) is 0. The zero-order chi connectivity index (χ0) is 22.5. The molecular weight excluding hydrogens is 409 g/mol. The molecule has 32 heavy (non-hydrogen) atoms. The second-order valence-electron chi connectivity index (χ2n) is 7.35. The summed E-state index contributed by atoms with van der Waals surface area (Å²) in [5.74, 6) is -0.236. The van der Waals surface area contributed by atoms with E-state index in [2.05, 4.69) is 0 Å². The Morgan fingerprint density at radius 2 is 1.91 bits per heavy atom. The molecule has 0 atom stereocenters. The van der Waals surface area contributed by atoms with Gasteiger partial charge in [0.25, 0.3) is 0 Å². The zero-order valence-corrected chi connectivity index (χ0v) is 17.8. The number of fused-ring (bicyclic) bond motifs is 1. The first-order valence-corrected chi connectivity index (χ1v) is 10.4. The van der Waals surface area contributed by atoms with Crippen LogP contribution < -0.4 is 10.5 Å². The number of nitrogens with two attached hydrogens (primary N) is 1. The van der Waals surface area contributed by atoms with Crippen molar-refractivity contribution in [1.29, 1.82) is 0 Å². The number of hydrogen-bond acceptors (Lipinski definition) is 5.